The molecule has 0 aliphatic carbocycles. The zero-order valence-electron chi connectivity index (χ0n) is 13.2. The summed E-state index contributed by atoms with van der Waals surface area (Å²) in [6, 6.07) is 0.689. The smallest absolute Gasteiger partial charge is 0.416 e. The first-order valence-corrected chi connectivity index (χ1v) is 7.51. The Kier molecular flexibility index (Phi) is 5.43. The van der Waals surface area contributed by atoms with Gasteiger partial charge >= 0.3 is 18.3 Å². The number of nitrogens with zero attached hydrogens (tertiary/aromatic N) is 1. The fraction of sp³-hybridized carbons (Fsp3) is 0.500. The number of hydrogen-bond donors (Lipinski definition) is 0. The zero-order valence-corrected chi connectivity index (χ0v) is 13.2. The number of halogens is 6. The molecule has 0 N–H and O–H groups in total. The molecule has 0 amide bonds. The molecule has 0 saturated carbocycles. The van der Waals surface area contributed by atoms with Crippen LogP contribution in [0.15, 0.2) is 23.2 Å². The Hall–Kier alpha value is -2.06. The Morgan fingerprint density at radius 2 is 1.68 bits per heavy atom. The molecule has 9 heteroatoms. The van der Waals surface area contributed by atoms with Crippen LogP contribution in [0.2, 0.25) is 0 Å². The van der Waals surface area contributed by atoms with Crippen LogP contribution in [-0.4, -0.2) is 24.3 Å². The molecular formula is C16H15F6NO2. The summed E-state index contributed by atoms with van der Waals surface area (Å²) in [5.41, 5.74) is -2.49. The summed E-state index contributed by atoms with van der Waals surface area (Å²) in [6.45, 7) is 1.79. The number of esters is 1. The molecule has 3 nitrogen and oxygen atoms in total. The van der Waals surface area contributed by atoms with Crippen LogP contribution in [0.5, 0.6) is 0 Å². The number of rotatable bonds is 4. The fourth-order valence-electron chi connectivity index (χ4n) is 2.55. The van der Waals surface area contributed by atoms with E-state index in [9.17, 15) is 31.1 Å². The number of hydrogen-bond acceptors (Lipinski definition) is 3. The summed E-state index contributed by atoms with van der Waals surface area (Å²) in [4.78, 5) is 15.7. The van der Waals surface area contributed by atoms with Crippen molar-refractivity contribution < 1.29 is 35.9 Å². The molecule has 1 aliphatic rings. The van der Waals surface area contributed by atoms with E-state index in [-0.39, 0.29) is 24.7 Å². The van der Waals surface area contributed by atoms with Gasteiger partial charge in [-0.05, 0) is 43.5 Å². The van der Waals surface area contributed by atoms with Gasteiger partial charge in [-0.25, -0.2) is 4.79 Å². The van der Waals surface area contributed by atoms with Gasteiger partial charge in [0.2, 0.25) is 0 Å². The van der Waals surface area contributed by atoms with E-state index in [1.807, 2.05) is 0 Å². The van der Waals surface area contributed by atoms with E-state index >= 15 is 0 Å². The molecule has 0 fully saturated rings. The molecule has 1 aromatic rings. The topological polar surface area (TPSA) is 38.7 Å². The van der Waals surface area contributed by atoms with Crippen molar-refractivity contribution in [1.82, 2.24) is 0 Å². The highest BCUT2D eigenvalue weighted by molar-refractivity contribution is 5.92. The van der Waals surface area contributed by atoms with Gasteiger partial charge in [-0.3, -0.25) is 4.99 Å². The van der Waals surface area contributed by atoms with Gasteiger partial charge in [-0.2, -0.15) is 26.3 Å². The lowest BCUT2D eigenvalue weighted by atomic mass is 10.00. The summed E-state index contributed by atoms with van der Waals surface area (Å²) in [5.74, 6) is -0.544. The zero-order chi connectivity index (χ0) is 18.8. The van der Waals surface area contributed by atoms with Gasteiger partial charge < -0.3 is 4.74 Å². The van der Waals surface area contributed by atoms with E-state index in [4.69, 9.17) is 4.74 Å². The highest BCUT2D eigenvalue weighted by atomic mass is 19.4. The number of carbonyl (C=O) groups is 1. The molecule has 0 radical (unpaired) electrons. The van der Waals surface area contributed by atoms with Gasteiger partial charge in [-0.1, -0.05) is 0 Å². The van der Waals surface area contributed by atoms with Crippen molar-refractivity contribution in [2.24, 2.45) is 4.99 Å². The predicted molar refractivity (Wildman–Crippen MR) is 77.2 cm³/mol. The number of ether oxygens (including phenoxy) is 1. The summed E-state index contributed by atoms with van der Waals surface area (Å²) in [7, 11) is 0. The minimum atomic E-state index is -4.89. The van der Waals surface area contributed by atoms with Crippen molar-refractivity contribution in [2.45, 2.75) is 44.6 Å². The Labute approximate surface area is 139 Å². The van der Waals surface area contributed by atoms with Gasteiger partial charge in [0.15, 0.2) is 0 Å². The maximum absolute atomic E-state index is 12.8. The summed E-state index contributed by atoms with van der Waals surface area (Å²) in [6.07, 6.45) is -9.30. The molecule has 1 unspecified atom stereocenters. The average Bonchev–Trinajstić information content (AvgIpc) is 2.94. The van der Waals surface area contributed by atoms with Crippen molar-refractivity contribution in [3.8, 4) is 0 Å². The van der Waals surface area contributed by atoms with Gasteiger partial charge in [0, 0.05) is 12.1 Å². The molecule has 2 rings (SSSR count). The maximum atomic E-state index is 12.8. The lowest BCUT2D eigenvalue weighted by molar-refractivity contribution is -0.145. The molecule has 138 valence electrons. The van der Waals surface area contributed by atoms with Crippen LogP contribution in [0.4, 0.5) is 26.3 Å². The van der Waals surface area contributed by atoms with Crippen LogP contribution >= 0.6 is 0 Å². The van der Waals surface area contributed by atoms with Crippen molar-refractivity contribution in [3.05, 3.63) is 34.9 Å². The molecule has 1 aliphatic heterocycles. The van der Waals surface area contributed by atoms with E-state index in [1.54, 1.807) is 6.92 Å². The SMILES string of the molecule is CCOC(=O)C1CCC(Cc2cc(C(F)(F)F)cc(C(F)(F)F)c2)=N1. The monoisotopic (exact) mass is 367 g/mol. The van der Waals surface area contributed by atoms with Crippen molar-refractivity contribution >= 4 is 11.7 Å². The molecule has 0 aromatic heterocycles. The van der Waals surface area contributed by atoms with Crippen LogP contribution in [0.1, 0.15) is 36.5 Å². The third kappa shape index (κ3) is 4.96. The lowest BCUT2D eigenvalue weighted by Gasteiger charge is -2.14. The predicted octanol–water partition coefficient (Wildman–Crippen LogP) is 4.43. The number of aliphatic imine (C=N–C) groups is 1. The van der Waals surface area contributed by atoms with Crippen LogP contribution in [0.3, 0.4) is 0 Å². The number of alkyl halides is 6. The third-order valence-corrected chi connectivity index (χ3v) is 3.66. The highest BCUT2D eigenvalue weighted by Gasteiger charge is 2.37. The summed E-state index contributed by atoms with van der Waals surface area (Å²) < 4.78 is 81.9. The molecule has 1 heterocycles. The molecule has 25 heavy (non-hydrogen) atoms. The Morgan fingerprint density at radius 3 is 2.16 bits per heavy atom. The van der Waals surface area contributed by atoms with E-state index in [0.717, 1.165) is 0 Å². The Bertz CT molecular complexity index is 646. The molecule has 0 saturated heterocycles. The van der Waals surface area contributed by atoms with Crippen LogP contribution in [0.25, 0.3) is 0 Å². The second-order valence-electron chi connectivity index (χ2n) is 5.59. The summed E-state index contributed by atoms with van der Waals surface area (Å²) >= 11 is 0. The molecule has 1 aromatic carbocycles. The Morgan fingerprint density at radius 1 is 1.12 bits per heavy atom. The van der Waals surface area contributed by atoms with Crippen LogP contribution in [-0.2, 0) is 28.3 Å². The number of benzene rings is 1. The van der Waals surface area contributed by atoms with Crippen molar-refractivity contribution in [1.29, 1.82) is 0 Å². The quantitative estimate of drug-likeness (QED) is 0.583. The van der Waals surface area contributed by atoms with Gasteiger partial charge in [0.05, 0.1) is 17.7 Å². The van der Waals surface area contributed by atoms with Gasteiger partial charge in [-0.15, -0.1) is 0 Å². The molecule has 0 spiro atoms. The van der Waals surface area contributed by atoms with E-state index < -0.39 is 35.5 Å². The standard InChI is InChI=1S/C16H15F6NO2/c1-2-25-14(24)13-4-3-12(23-13)7-9-5-10(15(17,18)19)8-11(6-9)16(20,21)22/h5-6,8,13H,2-4,7H2,1H3. The highest BCUT2D eigenvalue weighted by Crippen LogP contribution is 2.36. The maximum Gasteiger partial charge on any atom is 0.416 e. The average molecular weight is 367 g/mol. The minimum Gasteiger partial charge on any atom is -0.464 e. The van der Waals surface area contributed by atoms with E-state index in [0.29, 0.717) is 30.7 Å². The molecule has 0 bridgehead atoms. The van der Waals surface area contributed by atoms with Crippen molar-refractivity contribution in [3.63, 3.8) is 0 Å². The summed E-state index contributed by atoms with van der Waals surface area (Å²) in [5, 5.41) is 0. The number of carbonyl (C=O) groups excluding carboxylic acids is 1. The normalized spacial score (nSPS) is 18.2. The fourth-order valence-corrected chi connectivity index (χ4v) is 2.55. The first-order valence-electron chi connectivity index (χ1n) is 7.51. The van der Waals surface area contributed by atoms with Gasteiger partial charge in [0.25, 0.3) is 0 Å². The third-order valence-electron chi connectivity index (χ3n) is 3.66. The van der Waals surface area contributed by atoms with E-state index in [1.165, 1.54) is 0 Å². The largest absolute Gasteiger partial charge is 0.464 e. The molecule has 1 atom stereocenters. The van der Waals surface area contributed by atoms with Crippen molar-refractivity contribution in [2.75, 3.05) is 6.61 Å². The Balaban J connectivity index is 2.27. The lowest BCUT2D eigenvalue weighted by Crippen LogP contribution is -2.18. The second-order valence-corrected chi connectivity index (χ2v) is 5.59. The van der Waals surface area contributed by atoms with Gasteiger partial charge in [0.1, 0.15) is 6.04 Å². The first kappa shape index (κ1) is 19.3. The molecular weight excluding hydrogens is 352 g/mol. The van der Waals surface area contributed by atoms with E-state index in [2.05, 4.69) is 4.99 Å². The first-order chi connectivity index (χ1) is 11.5. The second kappa shape index (κ2) is 7.05. The van der Waals surface area contributed by atoms with Crippen LogP contribution in [0, 0.1) is 0 Å². The minimum absolute atomic E-state index is 0.0847. The van der Waals surface area contributed by atoms with Crippen LogP contribution < -0.4 is 0 Å².